The van der Waals surface area contributed by atoms with Crippen LogP contribution in [-0.2, 0) is 17.9 Å². The molecule has 1 atom stereocenters. The highest BCUT2D eigenvalue weighted by Gasteiger charge is 2.32. The van der Waals surface area contributed by atoms with E-state index >= 15 is 0 Å². The van der Waals surface area contributed by atoms with E-state index in [1.54, 1.807) is 24.3 Å². The summed E-state index contributed by atoms with van der Waals surface area (Å²) in [5.74, 6) is -0.640. The number of hydrogen-bond acceptors (Lipinski definition) is 8. The molecule has 2 aliphatic rings. The molecule has 10 nitrogen and oxygen atoms in total. The minimum absolute atomic E-state index is 0.0356. The van der Waals surface area contributed by atoms with Crippen molar-refractivity contribution in [2.24, 2.45) is 0 Å². The predicted octanol–water partition coefficient (Wildman–Crippen LogP) is 6.45. The van der Waals surface area contributed by atoms with E-state index < -0.39 is 18.1 Å². The summed E-state index contributed by atoms with van der Waals surface area (Å²) in [4.78, 5) is 35.1. The third-order valence-corrected chi connectivity index (χ3v) is 8.38. The predicted molar refractivity (Wildman–Crippen MR) is 165 cm³/mol. The van der Waals surface area contributed by atoms with Crippen LogP contribution in [0.3, 0.4) is 0 Å². The number of fused-ring (bicyclic) bond motifs is 1. The van der Waals surface area contributed by atoms with Crippen molar-refractivity contribution in [1.82, 2.24) is 19.4 Å². The van der Waals surface area contributed by atoms with Crippen LogP contribution in [0.25, 0.3) is 17.2 Å². The number of carboxylic acid groups (broad SMARTS) is 1. The maximum atomic E-state index is 13.0. The number of halogens is 3. The zero-order valence-electron chi connectivity index (χ0n) is 25.6. The van der Waals surface area contributed by atoms with Crippen molar-refractivity contribution in [3.8, 4) is 11.6 Å². The minimum atomic E-state index is -4.92. The van der Waals surface area contributed by atoms with Gasteiger partial charge in [-0.25, -0.2) is 14.8 Å². The number of nitrogens with zero attached hydrogens (tertiary/aromatic N) is 4. The highest BCUT2D eigenvalue weighted by molar-refractivity contribution is 5.94. The van der Waals surface area contributed by atoms with E-state index in [9.17, 15) is 27.9 Å². The summed E-state index contributed by atoms with van der Waals surface area (Å²) in [6, 6.07) is 14.2. The monoisotopic (exact) mass is 650 g/mol. The molecule has 0 amide bonds. The second-order valence-electron chi connectivity index (χ2n) is 11.6. The minimum Gasteiger partial charge on any atom is -0.478 e. The van der Waals surface area contributed by atoms with Crippen molar-refractivity contribution >= 4 is 29.0 Å². The smallest absolute Gasteiger partial charge is 0.478 e. The number of ether oxygens (including phenoxy) is 3. The molecule has 0 aliphatic carbocycles. The number of pyridine rings is 1. The van der Waals surface area contributed by atoms with Crippen LogP contribution in [0.1, 0.15) is 69.9 Å². The first-order chi connectivity index (χ1) is 22.5. The molecule has 2 aromatic heterocycles. The molecule has 2 saturated heterocycles. The molecular formula is C34H33F3N4O6. The van der Waals surface area contributed by atoms with Gasteiger partial charge in [-0.15, -0.1) is 13.2 Å². The number of carbonyl (C=O) groups is 2. The summed E-state index contributed by atoms with van der Waals surface area (Å²) in [7, 11) is 0. The number of Topliss-reactive ketones (excluding diaryl/α,β-unsaturated/α-hetero) is 1. The fraction of sp³-hybridized carbons (Fsp3) is 0.353. The molecule has 1 N–H and O–H groups in total. The van der Waals surface area contributed by atoms with Gasteiger partial charge in [-0.05, 0) is 69.3 Å². The summed E-state index contributed by atoms with van der Waals surface area (Å²) in [6.45, 7) is 3.88. The Balaban J connectivity index is 1.11. The third-order valence-electron chi connectivity index (χ3n) is 8.38. The fourth-order valence-electron chi connectivity index (χ4n) is 5.73. The largest absolute Gasteiger partial charge is 0.573 e. The first-order valence-corrected chi connectivity index (χ1v) is 15.3. The van der Waals surface area contributed by atoms with E-state index in [0.29, 0.717) is 12.1 Å². The summed E-state index contributed by atoms with van der Waals surface area (Å²) in [6.07, 6.45) is 1.58. The van der Waals surface area contributed by atoms with Gasteiger partial charge in [0.2, 0.25) is 5.88 Å². The Bertz CT molecular complexity index is 1810. The van der Waals surface area contributed by atoms with Gasteiger partial charge in [0.25, 0.3) is 0 Å². The Morgan fingerprint density at radius 3 is 2.49 bits per heavy atom. The molecule has 0 spiro atoms. The van der Waals surface area contributed by atoms with Gasteiger partial charge in [-0.1, -0.05) is 18.2 Å². The highest BCUT2D eigenvalue weighted by Crippen LogP contribution is 2.31. The normalized spacial score (nSPS) is 17.6. The number of benzene rings is 2. The molecule has 4 aromatic rings. The Labute approximate surface area is 268 Å². The fourth-order valence-corrected chi connectivity index (χ4v) is 5.73. The zero-order chi connectivity index (χ0) is 33.1. The topological polar surface area (TPSA) is 116 Å². The highest BCUT2D eigenvalue weighted by atomic mass is 19.4. The Hall–Kier alpha value is -4.75. The maximum Gasteiger partial charge on any atom is 0.573 e. The Kier molecular flexibility index (Phi) is 9.28. The lowest BCUT2D eigenvalue weighted by Crippen LogP contribution is -2.33. The molecular weight excluding hydrogens is 617 g/mol. The van der Waals surface area contributed by atoms with Crippen LogP contribution >= 0.6 is 0 Å². The van der Waals surface area contributed by atoms with E-state index in [1.165, 1.54) is 19.1 Å². The first kappa shape index (κ1) is 32.2. The molecule has 6 rings (SSSR count). The average molecular weight is 651 g/mol. The van der Waals surface area contributed by atoms with Crippen LogP contribution in [0.5, 0.6) is 11.6 Å². The van der Waals surface area contributed by atoms with Gasteiger partial charge < -0.3 is 23.9 Å². The van der Waals surface area contributed by atoms with Crippen molar-refractivity contribution < 1.29 is 42.1 Å². The molecule has 246 valence electrons. The molecule has 2 aromatic carbocycles. The van der Waals surface area contributed by atoms with Crippen LogP contribution in [0.15, 0.2) is 60.7 Å². The molecule has 4 heterocycles. The van der Waals surface area contributed by atoms with Crippen molar-refractivity contribution in [2.75, 3.05) is 19.7 Å². The van der Waals surface area contributed by atoms with Crippen LogP contribution in [0.4, 0.5) is 13.2 Å². The Morgan fingerprint density at radius 2 is 1.81 bits per heavy atom. The van der Waals surface area contributed by atoms with Gasteiger partial charge in [0, 0.05) is 41.4 Å². The first-order valence-electron chi connectivity index (χ1n) is 15.3. The molecule has 47 heavy (non-hydrogen) atoms. The van der Waals surface area contributed by atoms with Crippen molar-refractivity contribution in [2.45, 2.75) is 57.7 Å². The molecule has 0 radical (unpaired) electrons. The van der Waals surface area contributed by atoms with E-state index in [-0.39, 0.29) is 47.0 Å². The van der Waals surface area contributed by atoms with Crippen LogP contribution in [0.2, 0.25) is 0 Å². The summed E-state index contributed by atoms with van der Waals surface area (Å²) >= 11 is 0. The average Bonchev–Trinajstić information content (AvgIpc) is 3.35. The zero-order valence-corrected chi connectivity index (χ0v) is 25.6. The number of carboxylic acids is 1. The molecule has 13 heteroatoms. The second-order valence-corrected chi connectivity index (χ2v) is 11.6. The van der Waals surface area contributed by atoms with Crippen molar-refractivity contribution in [3.05, 3.63) is 88.9 Å². The quantitative estimate of drug-likeness (QED) is 0.183. The van der Waals surface area contributed by atoms with Crippen LogP contribution in [-0.4, -0.2) is 68.5 Å². The van der Waals surface area contributed by atoms with Gasteiger partial charge >= 0.3 is 12.3 Å². The number of aromatic carboxylic acids is 1. The van der Waals surface area contributed by atoms with E-state index in [2.05, 4.69) is 14.6 Å². The number of aromatic nitrogens is 3. The van der Waals surface area contributed by atoms with E-state index in [0.717, 1.165) is 62.1 Å². The van der Waals surface area contributed by atoms with Gasteiger partial charge in [0.1, 0.15) is 18.2 Å². The van der Waals surface area contributed by atoms with Gasteiger partial charge in [0.05, 0.1) is 35.9 Å². The van der Waals surface area contributed by atoms with Gasteiger partial charge in [-0.2, -0.15) is 0 Å². The molecule has 0 bridgehead atoms. The number of hydrogen-bond donors (Lipinski definition) is 1. The summed E-state index contributed by atoms with van der Waals surface area (Å²) in [5.41, 5.74) is 2.69. The number of piperidine rings is 1. The summed E-state index contributed by atoms with van der Waals surface area (Å²) in [5, 5.41) is 9.52. The van der Waals surface area contributed by atoms with Crippen molar-refractivity contribution in [1.29, 1.82) is 0 Å². The Morgan fingerprint density at radius 1 is 1.04 bits per heavy atom. The van der Waals surface area contributed by atoms with Crippen LogP contribution < -0.4 is 9.47 Å². The third kappa shape index (κ3) is 7.80. The number of ketones is 1. The van der Waals surface area contributed by atoms with Gasteiger partial charge in [0.15, 0.2) is 5.78 Å². The standard InChI is InChI=1S/C34H33F3N4O6/c1-21(42)23-5-6-25(30(18-23)47-34(35,36)37)20-46-32-4-2-3-27(39-32)22-9-13-40(14-10-22)19-31-38-28-8-7-24(33(43)44)17-29(28)41(31)15-11-26-12-16-45-26/h2-8,11,15,17-18,22,26H,9-10,12-14,16,19-20H2,1H3,(H,43,44)/b15-11-/t26-/m1/s1. The van der Waals surface area contributed by atoms with Crippen LogP contribution in [0, 0.1) is 0 Å². The number of rotatable bonds is 11. The molecule has 2 fully saturated rings. The van der Waals surface area contributed by atoms with E-state index in [4.69, 9.17) is 14.5 Å². The lowest BCUT2D eigenvalue weighted by atomic mass is 9.93. The maximum absolute atomic E-state index is 13.0. The number of likely N-dealkylation sites (tertiary alicyclic amines) is 1. The molecule has 2 aliphatic heterocycles. The van der Waals surface area contributed by atoms with Crippen molar-refractivity contribution in [3.63, 3.8) is 0 Å². The van der Waals surface area contributed by atoms with E-state index in [1.807, 2.05) is 29.0 Å². The number of carbonyl (C=O) groups excluding carboxylic acids is 1. The molecule has 0 saturated carbocycles. The second kappa shape index (κ2) is 13.5. The summed E-state index contributed by atoms with van der Waals surface area (Å²) < 4.78 is 56.5. The molecule has 0 unspecified atom stereocenters. The SMILES string of the molecule is CC(=O)c1ccc(COc2cccc(C3CCN(Cc4nc5ccc(C(=O)O)cc5n4/C=C\[C@@H]4CCO4)CC3)n2)c(OC(F)(F)F)c1. The van der Waals surface area contributed by atoms with Gasteiger partial charge in [-0.3, -0.25) is 9.69 Å². The number of imidazole rings is 1. The lowest BCUT2D eigenvalue weighted by Gasteiger charge is -2.31. The number of alkyl halides is 3. The lowest BCUT2D eigenvalue weighted by molar-refractivity contribution is -0.275.